The molecule has 0 saturated heterocycles. The van der Waals surface area contributed by atoms with Crippen LogP contribution in [-0.2, 0) is 0 Å². The minimum atomic E-state index is 0.0446. The lowest BCUT2D eigenvalue weighted by molar-refractivity contribution is 0.524. The Hall–Kier alpha value is -2.57. The number of furan rings is 1. The zero-order valence-electron chi connectivity index (χ0n) is 15.6. The second-order valence-corrected chi connectivity index (χ2v) is 7.11. The van der Waals surface area contributed by atoms with Crippen LogP contribution in [0.1, 0.15) is 51.0 Å². The summed E-state index contributed by atoms with van der Waals surface area (Å²) in [5.41, 5.74) is 0.836. The van der Waals surface area contributed by atoms with Crippen LogP contribution in [0.15, 0.2) is 16.5 Å². The first-order chi connectivity index (χ1) is 12.6. The Balaban J connectivity index is 2.32. The van der Waals surface area contributed by atoms with E-state index in [0.717, 1.165) is 60.6 Å². The SMILES string of the molecule is CCCCN(CCCC)c1ccc(/C=c2\sc(=C(C#N)C#N)nc2C)o1. The number of hydrogen-bond acceptors (Lipinski definition) is 6. The van der Waals surface area contributed by atoms with E-state index >= 15 is 0 Å². The molecule has 0 fully saturated rings. The highest BCUT2D eigenvalue weighted by molar-refractivity contribution is 7.07. The van der Waals surface area contributed by atoms with Crippen molar-refractivity contribution in [2.24, 2.45) is 0 Å². The first kappa shape index (κ1) is 19.8. The molecule has 2 aromatic heterocycles. The summed E-state index contributed by atoms with van der Waals surface area (Å²) in [5.74, 6) is 1.65. The number of nitriles is 2. The summed E-state index contributed by atoms with van der Waals surface area (Å²) in [7, 11) is 0. The lowest BCUT2D eigenvalue weighted by Gasteiger charge is -2.21. The first-order valence-electron chi connectivity index (χ1n) is 8.97. The predicted octanol–water partition coefficient (Wildman–Crippen LogP) is 3.48. The van der Waals surface area contributed by atoms with Gasteiger partial charge in [0.1, 0.15) is 22.6 Å². The summed E-state index contributed by atoms with van der Waals surface area (Å²) in [6.45, 7) is 8.25. The number of aromatic nitrogens is 1. The first-order valence-corrected chi connectivity index (χ1v) is 9.79. The zero-order chi connectivity index (χ0) is 18.9. The maximum absolute atomic E-state index is 9.00. The fourth-order valence-corrected chi connectivity index (χ4v) is 3.47. The van der Waals surface area contributed by atoms with Gasteiger partial charge in [0, 0.05) is 19.2 Å². The number of rotatable bonds is 8. The van der Waals surface area contributed by atoms with Gasteiger partial charge in [0.25, 0.3) is 0 Å². The Morgan fingerprint density at radius 2 is 1.85 bits per heavy atom. The molecule has 5 nitrogen and oxygen atoms in total. The molecule has 2 aromatic rings. The van der Waals surface area contributed by atoms with Gasteiger partial charge >= 0.3 is 0 Å². The number of unbranched alkanes of at least 4 members (excludes halogenated alkanes) is 2. The fraction of sp³-hybridized carbons (Fsp3) is 0.450. The number of hydrogen-bond donors (Lipinski definition) is 0. The Labute approximate surface area is 158 Å². The Morgan fingerprint density at radius 1 is 1.19 bits per heavy atom. The number of aryl methyl sites for hydroxylation is 1. The van der Waals surface area contributed by atoms with E-state index in [1.165, 1.54) is 11.3 Å². The maximum Gasteiger partial charge on any atom is 0.196 e. The quantitative estimate of drug-likeness (QED) is 0.713. The molecule has 0 saturated carbocycles. The molecule has 26 heavy (non-hydrogen) atoms. The highest BCUT2D eigenvalue weighted by Crippen LogP contribution is 2.20. The molecule has 0 N–H and O–H groups in total. The van der Waals surface area contributed by atoms with Crippen LogP contribution in [0.4, 0.5) is 5.88 Å². The van der Waals surface area contributed by atoms with Gasteiger partial charge in [0.2, 0.25) is 0 Å². The van der Waals surface area contributed by atoms with Crippen molar-refractivity contribution in [2.75, 3.05) is 18.0 Å². The van der Waals surface area contributed by atoms with Crippen molar-refractivity contribution in [3.8, 4) is 12.1 Å². The van der Waals surface area contributed by atoms with Gasteiger partial charge in [0.15, 0.2) is 11.5 Å². The molecule has 0 aliphatic heterocycles. The number of thiazole rings is 1. The van der Waals surface area contributed by atoms with E-state index in [1.807, 2.05) is 37.3 Å². The zero-order valence-corrected chi connectivity index (χ0v) is 16.4. The van der Waals surface area contributed by atoms with Gasteiger partial charge in [-0.25, -0.2) is 4.98 Å². The highest BCUT2D eigenvalue weighted by atomic mass is 32.1. The van der Waals surface area contributed by atoms with Crippen LogP contribution in [0, 0.1) is 29.6 Å². The Bertz CT molecular complexity index is 902. The van der Waals surface area contributed by atoms with Gasteiger partial charge in [-0.15, -0.1) is 11.3 Å². The molecule has 6 heteroatoms. The van der Waals surface area contributed by atoms with Crippen molar-refractivity contribution < 1.29 is 4.42 Å². The third-order valence-corrected chi connectivity index (χ3v) is 5.15. The van der Waals surface area contributed by atoms with Gasteiger partial charge in [0.05, 0.1) is 10.2 Å². The summed E-state index contributed by atoms with van der Waals surface area (Å²) < 4.78 is 7.39. The smallest absolute Gasteiger partial charge is 0.196 e. The molecule has 0 spiro atoms. The number of nitrogens with zero attached hydrogens (tertiary/aromatic N) is 4. The fourth-order valence-electron chi connectivity index (χ4n) is 2.52. The topological polar surface area (TPSA) is 76.8 Å². The summed E-state index contributed by atoms with van der Waals surface area (Å²) in [6, 6.07) is 7.75. The van der Waals surface area contributed by atoms with E-state index in [9.17, 15) is 0 Å². The van der Waals surface area contributed by atoms with Crippen molar-refractivity contribution in [1.29, 1.82) is 10.5 Å². The van der Waals surface area contributed by atoms with Gasteiger partial charge < -0.3 is 9.32 Å². The summed E-state index contributed by atoms with van der Waals surface area (Å²) in [6.07, 6.45) is 6.51. The molecule has 2 heterocycles. The van der Waals surface area contributed by atoms with Crippen molar-refractivity contribution in [3.63, 3.8) is 0 Å². The molecule has 136 valence electrons. The molecule has 0 radical (unpaired) electrons. The van der Waals surface area contributed by atoms with Gasteiger partial charge in [-0.1, -0.05) is 26.7 Å². The average molecular weight is 369 g/mol. The molecule has 0 aliphatic carbocycles. The summed E-state index contributed by atoms with van der Waals surface area (Å²) in [5, 5.41) is 18.0. The molecule has 0 atom stereocenters. The maximum atomic E-state index is 9.00. The molecule has 2 rings (SSSR count). The van der Waals surface area contributed by atoms with Crippen LogP contribution in [0.3, 0.4) is 0 Å². The Kier molecular flexibility index (Phi) is 7.44. The molecule has 0 amide bonds. The van der Waals surface area contributed by atoms with Crippen molar-refractivity contribution in [3.05, 3.63) is 32.8 Å². The summed E-state index contributed by atoms with van der Waals surface area (Å²) >= 11 is 1.33. The molecular weight excluding hydrogens is 344 g/mol. The van der Waals surface area contributed by atoms with Crippen LogP contribution < -0.4 is 14.1 Å². The molecule has 0 bridgehead atoms. The van der Waals surface area contributed by atoms with E-state index < -0.39 is 0 Å². The second-order valence-electron chi connectivity index (χ2n) is 6.08. The monoisotopic (exact) mass is 368 g/mol. The minimum Gasteiger partial charge on any atom is -0.441 e. The van der Waals surface area contributed by atoms with Crippen LogP contribution in [0.5, 0.6) is 0 Å². The normalized spacial score (nSPS) is 11.2. The number of anilines is 1. The van der Waals surface area contributed by atoms with E-state index in [4.69, 9.17) is 14.9 Å². The van der Waals surface area contributed by atoms with E-state index in [1.54, 1.807) is 0 Å². The van der Waals surface area contributed by atoms with E-state index in [-0.39, 0.29) is 5.57 Å². The van der Waals surface area contributed by atoms with Gasteiger partial charge in [-0.05, 0) is 31.9 Å². The van der Waals surface area contributed by atoms with Gasteiger partial charge in [-0.3, -0.25) is 0 Å². The Morgan fingerprint density at radius 3 is 2.42 bits per heavy atom. The third-order valence-electron chi connectivity index (χ3n) is 4.03. The van der Waals surface area contributed by atoms with Crippen LogP contribution in [0.2, 0.25) is 0 Å². The van der Waals surface area contributed by atoms with Crippen molar-refractivity contribution in [2.45, 2.75) is 46.5 Å². The largest absolute Gasteiger partial charge is 0.441 e. The van der Waals surface area contributed by atoms with E-state index in [0.29, 0.717) is 4.66 Å². The van der Waals surface area contributed by atoms with Crippen LogP contribution in [0.25, 0.3) is 11.6 Å². The van der Waals surface area contributed by atoms with Gasteiger partial charge in [-0.2, -0.15) is 10.5 Å². The standard InChI is InChI=1S/C20H24N4OS/c1-4-6-10-24(11-7-5-2)19-9-8-17(25-19)12-18-15(3)23-20(26-18)16(13-21)14-22/h8-9,12H,4-7,10-11H2,1-3H3/b18-12-. The predicted molar refractivity (Wildman–Crippen MR) is 105 cm³/mol. The third kappa shape index (κ3) is 4.97. The van der Waals surface area contributed by atoms with Crippen molar-refractivity contribution >= 4 is 28.9 Å². The lowest BCUT2D eigenvalue weighted by Crippen LogP contribution is -2.25. The molecule has 0 unspecified atom stereocenters. The summed E-state index contributed by atoms with van der Waals surface area (Å²) in [4.78, 5) is 6.62. The average Bonchev–Trinajstić information content (AvgIpc) is 3.24. The minimum absolute atomic E-state index is 0.0446. The van der Waals surface area contributed by atoms with Crippen LogP contribution >= 0.6 is 11.3 Å². The van der Waals surface area contributed by atoms with Crippen LogP contribution in [-0.4, -0.2) is 18.1 Å². The van der Waals surface area contributed by atoms with E-state index in [2.05, 4.69) is 23.7 Å². The highest BCUT2D eigenvalue weighted by Gasteiger charge is 2.10. The molecule has 0 aliphatic rings. The molecule has 0 aromatic carbocycles. The lowest BCUT2D eigenvalue weighted by atomic mass is 10.2. The second kappa shape index (κ2) is 9.79. The van der Waals surface area contributed by atoms with Crippen molar-refractivity contribution in [1.82, 2.24) is 4.98 Å². The molecular formula is C20H24N4OS.